The van der Waals surface area contributed by atoms with Gasteiger partial charge in [-0.1, -0.05) is 0 Å². The number of nitrogens with two attached hydrogens (primary N) is 1. The number of ether oxygens (including phenoxy) is 2. The van der Waals surface area contributed by atoms with E-state index in [1.165, 1.54) is 0 Å². The molecule has 1 rings (SSSR count). The molecule has 0 spiro atoms. The van der Waals surface area contributed by atoms with Crippen molar-refractivity contribution in [3.8, 4) is 11.5 Å². The number of aliphatic hydroxyl groups excluding tert-OH is 1. The third kappa shape index (κ3) is 2.81. The maximum Gasteiger partial charge on any atom is 0.182 e. The lowest BCUT2D eigenvalue weighted by molar-refractivity contribution is 0.263. The van der Waals surface area contributed by atoms with Crippen molar-refractivity contribution >= 4 is 0 Å². The standard InChI is InChI=1S/C10H16N2O3/c1-14-9-3-4-12-8(10(9)15-2)5-7(11)6-13/h3-4,7,13H,5-6,11H2,1-2H3. The Morgan fingerprint density at radius 1 is 1.47 bits per heavy atom. The highest BCUT2D eigenvalue weighted by atomic mass is 16.5. The number of aliphatic hydroxyl groups is 1. The predicted molar refractivity (Wildman–Crippen MR) is 56.1 cm³/mol. The molecule has 0 aromatic carbocycles. The zero-order valence-electron chi connectivity index (χ0n) is 8.93. The summed E-state index contributed by atoms with van der Waals surface area (Å²) >= 11 is 0. The largest absolute Gasteiger partial charge is 0.493 e. The molecule has 1 aromatic rings. The van der Waals surface area contributed by atoms with Gasteiger partial charge in [0.2, 0.25) is 0 Å². The minimum absolute atomic E-state index is 0.0813. The van der Waals surface area contributed by atoms with Crippen molar-refractivity contribution in [2.75, 3.05) is 20.8 Å². The maximum absolute atomic E-state index is 8.86. The Morgan fingerprint density at radius 3 is 2.73 bits per heavy atom. The van der Waals surface area contributed by atoms with Crippen LogP contribution in [0, 0.1) is 0 Å². The predicted octanol–water partition coefficient (Wildman–Crippen LogP) is -0.0391. The Labute approximate surface area is 88.8 Å². The van der Waals surface area contributed by atoms with Crippen molar-refractivity contribution < 1.29 is 14.6 Å². The summed E-state index contributed by atoms with van der Waals surface area (Å²) in [6.45, 7) is -0.0813. The molecule has 0 aliphatic heterocycles. The van der Waals surface area contributed by atoms with Gasteiger partial charge in [-0.25, -0.2) is 0 Å². The lowest BCUT2D eigenvalue weighted by Crippen LogP contribution is -2.27. The minimum atomic E-state index is -0.335. The van der Waals surface area contributed by atoms with Gasteiger partial charge in [-0.2, -0.15) is 0 Å². The molecule has 15 heavy (non-hydrogen) atoms. The van der Waals surface area contributed by atoms with Crippen LogP contribution < -0.4 is 15.2 Å². The minimum Gasteiger partial charge on any atom is -0.493 e. The van der Waals surface area contributed by atoms with Gasteiger partial charge in [-0.05, 0) is 0 Å². The van der Waals surface area contributed by atoms with Crippen LogP contribution in [-0.4, -0.2) is 37.0 Å². The molecule has 0 aliphatic carbocycles. The highest BCUT2D eigenvalue weighted by molar-refractivity contribution is 5.42. The second kappa shape index (κ2) is 5.53. The lowest BCUT2D eigenvalue weighted by Gasteiger charge is -2.13. The van der Waals surface area contributed by atoms with E-state index in [0.29, 0.717) is 23.6 Å². The zero-order valence-corrected chi connectivity index (χ0v) is 8.93. The molecule has 0 amide bonds. The Kier molecular flexibility index (Phi) is 4.33. The van der Waals surface area contributed by atoms with Crippen LogP contribution in [0.1, 0.15) is 5.69 Å². The van der Waals surface area contributed by atoms with Crippen LogP contribution in [0.5, 0.6) is 11.5 Å². The first-order chi connectivity index (χ1) is 7.22. The second-order valence-corrected chi connectivity index (χ2v) is 3.14. The summed E-state index contributed by atoms with van der Waals surface area (Å²) in [5.74, 6) is 1.19. The Balaban J connectivity index is 2.95. The van der Waals surface area contributed by atoms with Gasteiger partial charge < -0.3 is 20.3 Å². The summed E-state index contributed by atoms with van der Waals surface area (Å²) in [6.07, 6.45) is 2.08. The molecule has 1 heterocycles. The van der Waals surface area contributed by atoms with Crippen LogP contribution in [-0.2, 0) is 6.42 Å². The van der Waals surface area contributed by atoms with Gasteiger partial charge in [-0.3, -0.25) is 4.98 Å². The summed E-state index contributed by atoms with van der Waals surface area (Å²) in [6, 6.07) is 1.38. The number of hydrogen-bond donors (Lipinski definition) is 2. The topological polar surface area (TPSA) is 77.6 Å². The van der Waals surface area contributed by atoms with Gasteiger partial charge in [0.1, 0.15) is 0 Å². The smallest absolute Gasteiger partial charge is 0.182 e. The summed E-state index contributed by atoms with van der Waals surface area (Å²) in [7, 11) is 3.11. The molecule has 1 unspecified atom stereocenters. The van der Waals surface area contributed by atoms with E-state index in [4.69, 9.17) is 20.3 Å². The fourth-order valence-corrected chi connectivity index (χ4v) is 1.31. The summed E-state index contributed by atoms with van der Waals surface area (Å²) in [5.41, 5.74) is 6.33. The molecular weight excluding hydrogens is 196 g/mol. The summed E-state index contributed by atoms with van der Waals surface area (Å²) in [5, 5.41) is 8.86. The third-order valence-corrected chi connectivity index (χ3v) is 2.06. The van der Waals surface area contributed by atoms with Crippen molar-refractivity contribution in [3.05, 3.63) is 18.0 Å². The first kappa shape index (κ1) is 11.7. The van der Waals surface area contributed by atoms with Crippen molar-refractivity contribution in [2.24, 2.45) is 5.73 Å². The zero-order chi connectivity index (χ0) is 11.3. The molecular formula is C10H16N2O3. The fourth-order valence-electron chi connectivity index (χ4n) is 1.31. The fraction of sp³-hybridized carbons (Fsp3) is 0.500. The summed E-state index contributed by atoms with van der Waals surface area (Å²) < 4.78 is 10.3. The molecule has 0 saturated heterocycles. The summed E-state index contributed by atoms with van der Waals surface area (Å²) in [4.78, 5) is 4.15. The Bertz CT molecular complexity index is 318. The highest BCUT2D eigenvalue weighted by Gasteiger charge is 2.13. The molecule has 84 valence electrons. The van der Waals surface area contributed by atoms with Gasteiger partial charge in [-0.15, -0.1) is 0 Å². The van der Waals surface area contributed by atoms with E-state index in [0.717, 1.165) is 0 Å². The molecule has 0 radical (unpaired) electrons. The van der Waals surface area contributed by atoms with E-state index in [9.17, 15) is 0 Å². The van der Waals surface area contributed by atoms with Crippen LogP contribution in [0.4, 0.5) is 0 Å². The van der Waals surface area contributed by atoms with Crippen molar-refractivity contribution in [2.45, 2.75) is 12.5 Å². The average molecular weight is 212 g/mol. The first-order valence-corrected chi connectivity index (χ1v) is 4.65. The molecule has 0 aliphatic rings. The highest BCUT2D eigenvalue weighted by Crippen LogP contribution is 2.29. The maximum atomic E-state index is 8.86. The number of nitrogens with zero attached hydrogens (tertiary/aromatic N) is 1. The Morgan fingerprint density at radius 2 is 2.20 bits per heavy atom. The SMILES string of the molecule is COc1ccnc(CC(N)CO)c1OC. The van der Waals surface area contributed by atoms with Crippen LogP contribution in [0.25, 0.3) is 0 Å². The third-order valence-electron chi connectivity index (χ3n) is 2.06. The molecule has 1 aromatic heterocycles. The van der Waals surface area contributed by atoms with E-state index >= 15 is 0 Å². The molecule has 3 N–H and O–H groups in total. The van der Waals surface area contributed by atoms with E-state index in [2.05, 4.69) is 4.98 Å². The van der Waals surface area contributed by atoms with E-state index in [-0.39, 0.29) is 12.6 Å². The second-order valence-electron chi connectivity index (χ2n) is 3.14. The number of pyridine rings is 1. The van der Waals surface area contributed by atoms with Crippen LogP contribution in [0.3, 0.4) is 0 Å². The quantitative estimate of drug-likeness (QED) is 0.716. The number of aromatic nitrogens is 1. The first-order valence-electron chi connectivity index (χ1n) is 4.65. The monoisotopic (exact) mass is 212 g/mol. The van der Waals surface area contributed by atoms with Crippen LogP contribution in [0.2, 0.25) is 0 Å². The lowest BCUT2D eigenvalue weighted by atomic mass is 10.1. The van der Waals surface area contributed by atoms with Crippen molar-refractivity contribution in [3.63, 3.8) is 0 Å². The van der Waals surface area contributed by atoms with Gasteiger partial charge in [0, 0.05) is 24.7 Å². The average Bonchev–Trinajstić information content (AvgIpc) is 2.28. The molecule has 0 fully saturated rings. The number of methoxy groups -OCH3 is 2. The molecule has 0 bridgehead atoms. The van der Waals surface area contributed by atoms with Gasteiger partial charge in [0.15, 0.2) is 11.5 Å². The molecule has 5 nitrogen and oxygen atoms in total. The van der Waals surface area contributed by atoms with Gasteiger partial charge >= 0.3 is 0 Å². The number of hydrogen-bond acceptors (Lipinski definition) is 5. The van der Waals surface area contributed by atoms with Crippen LogP contribution in [0.15, 0.2) is 12.3 Å². The molecule has 0 saturated carbocycles. The number of rotatable bonds is 5. The molecule has 1 atom stereocenters. The van der Waals surface area contributed by atoms with Crippen molar-refractivity contribution in [1.82, 2.24) is 4.98 Å². The van der Waals surface area contributed by atoms with Crippen molar-refractivity contribution in [1.29, 1.82) is 0 Å². The van der Waals surface area contributed by atoms with Crippen LogP contribution >= 0.6 is 0 Å². The van der Waals surface area contributed by atoms with E-state index in [1.807, 2.05) is 0 Å². The Hall–Kier alpha value is -1.33. The molecule has 5 heteroatoms. The van der Waals surface area contributed by atoms with E-state index in [1.54, 1.807) is 26.5 Å². The normalized spacial score (nSPS) is 12.3. The van der Waals surface area contributed by atoms with E-state index < -0.39 is 0 Å². The van der Waals surface area contributed by atoms with Gasteiger partial charge in [0.25, 0.3) is 0 Å². The van der Waals surface area contributed by atoms with Gasteiger partial charge in [0.05, 0.1) is 26.5 Å².